The van der Waals surface area contributed by atoms with Gasteiger partial charge in [0.1, 0.15) is 0 Å². The van der Waals surface area contributed by atoms with E-state index < -0.39 is 11.9 Å². The molecule has 3 nitrogen and oxygen atoms in total. The van der Waals surface area contributed by atoms with Crippen LogP contribution in [0.25, 0.3) is 5.70 Å². The Labute approximate surface area is 122 Å². The molecule has 1 aromatic heterocycles. The Bertz CT molecular complexity index is 621. The lowest BCUT2D eigenvalue weighted by Gasteiger charge is -2.32. The fourth-order valence-corrected chi connectivity index (χ4v) is 2.36. The fourth-order valence-electron chi connectivity index (χ4n) is 2.36. The molecule has 0 bridgehead atoms. The Morgan fingerprint density at radius 2 is 2.05 bits per heavy atom. The Hall–Kier alpha value is -1.98. The van der Waals surface area contributed by atoms with Crippen LogP contribution < -0.4 is 0 Å². The first-order valence-corrected chi connectivity index (χ1v) is 6.60. The Kier molecular flexibility index (Phi) is 3.74. The average Bonchev–Trinajstić information content (AvgIpc) is 2.79. The number of hydrogen-bond donors (Lipinski definition) is 0. The van der Waals surface area contributed by atoms with Crippen LogP contribution >= 0.6 is 0 Å². The second-order valence-corrected chi connectivity index (χ2v) is 5.40. The molecular formula is C15H18F3N3. The van der Waals surface area contributed by atoms with Crippen LogP contribution in [0.2, 0.25) is 0 Å². The summed E-state index contributed by atoms with van der Waals surface area (Å²) in [6.45, 7) is 12.1. The highest BCUT2D eigenvalue weighted by Crippen LogP contribution is 2.35. The number of halogens is 3. The maximum Gasteiger partial charge on any atom is 0.435 e. The molecule has 0 unspecified atom stereocenters. The van der Waals surface area contributed by atoms with Crippen molar-refractivity contribution in [2.45, 2.75) is 26.6 Å². The number of fused-ring (bicyclic) bond motifs is 1. The van der Waals surface area contributed by atoms with E-state index >= 15 is 0 Å². The molecule has 0 saturated heterocycles. The van der Waals surface area contributed by atoms with Gasteiger partial charge in [-0.2, -0.15) is 18.3 Å². The molecular weight excluding hydrogens is 279 g/mol. The number of alkyl halides is 3. The van der Waals surface area contributed by atoms with Gasteiger partial charge in [0.25, 0.3) is 0 Å². The highest BCUT2D eigenvalue weighted by atomic mass is 19.4. The Morgan fingerprint density at radius 1 is 1.43 bits per heavy atom. The predicted molar refractivity (Wildman–Crippen MR) is 76.1 cm³/mol. The van der Waals surface area contributed by atoms with E-state index in [0.29, 0.717) is 17.9 Å². The summed E-state index contributed by atoms with van der Waals surface area (Å²) >= 11 is 0. The molecule has 0 radical (unpaired) electrons. The van der Waals surface area contributed by atoms with Crippen LogP contribution in [0.4, 0.5) is 13.2 Å². The van der Waals surface area contributed by atoms with Crippen molar-refractivity contribution >= 4 is 5.70 Å². The molecule has 0 spiro atoms. The molecule has 0 atom stereocenters. The second-order valence-electron chi connectivity index (χ2n) is 5.40. The van der Waals surface area contributed by atoms with Crippen LogP contribution in [0.3, 0.4) is 0 Å². The highest BCUT2D eigenvalue weighted by molar-refractivity contribution is 5.66. The SMILES string of the molecule is C=CC1=C(C(=C)C(C)C)N(C)Cc2cc(C(F)(F)F)nn21. The maximum absolute atomic E-state index is 12.8. The number of likely N-dealkylation sites (N-methyl/N-ethyl adjacent to an activating group) is 1. The molecule has 0 fully saturated rings. The molecule has 6 heteroatoms. The number of rotatable bonds is 3. The summed E-state index contributed by atoms with van der Waals surface area (Å²) < 4.78 is 39.8. The summed E-state index contributed by atoms with van der Waals surface area (Å²) in [5.74, 6) is 0.177. The summed E-state index contributed by atoms with van der Waals surface area (Å²) in [5.41, 5.74) is 1.76. The summed E-state index contributed by atoms with van der Waals surface area (Å²) in [6.07, 6.45) is -2.93. The van der Waals surface area contributed by atoms with E-state index in [1.807, 2.05) is 25.8 Å². The van der Waals surface area contributed by atoms with Gasteiger partial charge in [0.15, 0.2) is 5.69 Å². The van der Waals surface area contributed by atoms with Gasteiger partial charge < -0.3 is 4.90 Å². The first-order valence-electron chi connectivity index (χ1n) is 6.60. The van der Waals surface area contributed by atoms with Gasteiger partial charge in [-0.3, -0.25) is 0 Å². The van der Waals surface area contributed by atoms with Crippen molar-refractivity contribution in [3.63, 3.8) is 0 Å². The number of nitrogens with zero attached hydrogens (tertiary/aromatic N) is 3. The average molecular weight is 297 g/mol. The summed E-state index contributed by atoms with van der Waals surface area (Å²) in [6, 6.07) is 1.08. The second kappa shape index (κ2) is 5.09. The third kappa shape index (κ3) is 2.62. The molecule has 0 N–H and O–H groups in total. The first kappa shape index (κ1) is 15.4. The number of hydrogen-bond acceptors (Lipinski definition) is 2. The van der Waals surface area contributed by atoms with Crippen molar-refractivity contribution in [2.75, 3.05) is 7.05 Å². The van der Waals surface area contributed by atoms with Gasteiger partial charge in [-0.05, 0) is 23.6 Å². The third-order valence-electron chi connectivity index (χ3n) is 3.52. The largest absolute Gasteiger partial charge is 0.435 e. The van der Waals surface area contributed by atoms with Crippen molar-refractivity contribution in [3.8, 4) is 0 Å². The zero-order chi connectivity index (χ0) is 15.9. The zero-order valence-electron chi connectivity index (χ0n) is 12.3. The standard InChI is InChI=1S/C15H18F3N3/c1-6-12-14(10(4)9(2)3)20(5)8-11-7-13(15(16,17)18)19-21(11)12/h6-7,9H,1,4,8H2,2-3,5H3. The van der Waals surface area contributed by atoms with Gasteiger partial charge in [-0.25, -0.2) is 4.68 Å². The first-order chi connectivity index (χ1) is 9.66. The van der Waals surface area contributed by atoms with Gasteiger partial charge in [0.2, 0.25) is 0 Å². The van der Waals surface area contributed by atoms with E-state index in [2.05, 4.69) is 18.3 Å². The molecule has 2 rings (SSSR count). The number of aromatic nitrogens is 2. The lowest BCUT2D eigenvalue weighted by atomic mass is 9.98. The van der Waals surface area contributed by atoms with Crippen LogP contribution in [0.5, 0.6) is 0 Å². The van der Waals surface area contributed by atoms with Crippen LogP contribution in [0.15, 0.2) is 36.6 Å². The molecule has 0 saturated carbocycles. The minimum Gasteiger partial charge on any atom is -0.367 e. The molecule has 114 valence electrons. The van der Waals surface area contributed by atoms with E-state index in [0.717, 1.165) is 17.3 Å². The molecule has 1 aliphatic heterocycles. The quantitative estimate of drug-likeness (QED) is 0.843. The van der Waals surface area contributed by atoms with E-state index in [-0.39, 0.29) is 5.92 Å². The summed E-state index contributed by atoms with van der Waals surface area (Å²) in [7, 11) is 1.83. The minimum atomic E-state index is -4.45. The van der Waals surface area contributed by atoms with Crippen LogP contribution in [-0.4, -0.2) is 21.7 Å². The van der Waals surface area contributed by atoms with Crippen LogP contribution in [0.1, 0.15) is 25.2 Å². The summed E-state index contributed by atoms with van der Waals surface area (Å²) in [5, 5.41) is 3.70. The molecule has 0 aliphatic carbocycles. The Balaban J connectivity index is 2.63. The zero-order valence-corrected chi connectivity index (χ0v) is 12.3. The van der Waals surface area contributed by atoms with Gasteiger partial charge >= 0.3 is 6.18 Å². The molecule has 1 aromatic rings. The van der Waals surface area contributed by atoms with Crippen molar-refractivity contribution in [1.82, 2.24) is 14.7 Å². The van der Waals surface area contributed by atoms with Crippen LogP contribution in [0, 0.1) is 5.92 Å². The van der Waals surface area contributed by atoms with E-state index in [1.54, 1.807) is 0 Å². The van der Waals surface area contributed by atoms with Gasteiger partial charge in [0.05, 0.1) is 23.6 Å². The normalized spacial score (nSPS) is 15.5. The third-order valence-corrected chi connectivity index (χ3v) is 3.52. The van der Waals surface area contributed by atoms with Crippen molar-refractivity contribution in [2.24, 2.45) is 5.92 Å². The molecule has 0 aromatic carbocycles. The van der Waals surface area contributed by atoms with E-state index in [1.165, 1.54) is 10.8 Å². The lowest BCUT2D eigenvalue weighted by Crippen LogP contribution is -2.28. The van der Waals surface area contributed by atoms with Gasteiger partial charge in [-0.1, -0.05) is 27.0 Å². The minimum absolute atomic E-state index is 0.177. The molecule has 2 heterocycles. The van der Waals surface area contributed by atoms with Crippen molar-refractivity contribution < 1.29 is 13.2 Å². The monoisotopic (exact) mass is 297 g/mol. The Morgan fingerprint density at radius 3 is 2.52 bits per heavy atom. The molecule has 1 aliphatic rings. The number of allylic oxidation sites excluding steroid dienone is 3. The van der Waals surface area contributed by atoms with Gasteiger partial charge in [-0.15, -0.1) is 0 Å². The topological polar surface area (TPSA) is 21.1 Å². The smallest absolute Gasteiger partial charge is 0.367 e. The highest BCUT2D eigenvalue weighted by Gasteiger charge is 2.36. The van der Waals surface area contributed by atoms with Gasteiger partial charge in [0, 0.05) is 7.05 Å². The van der Waals surface area contributed by atoms with E-state index in [4.69, 9.17) is 0 Å². The predicted octanol–water partition coefficient (Wildman–Crippen LogP) is 3.91. The molecule has 21 heavy (non-hydrogen) atoms. The van der Waals surface area contributed by atoms with E-state index in [9.17, 15) is 13.2 Å². The fraction of sp³-hybridized carbons (Fsp3) is 0.400. The van der Waals surface area contributed by atoms with Crippen molar-refractivity contribution in [3.05, 3.63) is 48.0 Å². The van der Waals surface area contributed by atoms with Crippen LogP contribution in [-0.2, 0) is 12.7 Å². The summed E-state index contributed by atoms with van der Waals surface area (Å²) in [4.78, 5) is 1.89. The lowest BCUT2D eigenvalue weighted by molar-refractivity contribution is -0.141. The molecule has 0 amide bonds. The van der Waals surface area contributed by atoms with Crippen molar-refractivity contribution in [1.29, 1.82) is 0 Å². The maximum atomic E-state index is 12.8.